The van der Waals surface area contributed by atoms with E-state index in [9.17, 15) is 9.59 Å². The summed E-state index contributed by atoms with van der Waals surface area (Å²) in [6.07, 6.45) is 5.07. The molecular formula is C29H24O2S2. The van der Waals surface area contributed by atoms with Crippen molar-refractivity contribution in [3.8, 4) is 22.3 Å². The van der Waals surface area contributed by atoms with Gasteiger partial charge in [-0.1, -0.05) is 48.5 Å². The highest BCUT2D eigenvalue weighted by atomic mass is 32.1. The monoisotopic (exact) mass is 468 g/mol. The second kappa shape index (κ2) is 9.05. The van der Waals surface area contributed by atoms with E-state index in [1.165, 1.54) is 30.7 Å². The maximum Gasteiger partial charge on any atom is 0.150 e. The molecule has 5 rings (SSSR count). The number of aldehydes is 2. The van der Waals surface area contributed by atoms with Crippen molar-refractivity contribution < 1.29 is 9.59 Å². The van der Waals surface area contributed by atoms with Gasteiger partial charge in [0.2, 0.25) is 0 Å². The van der Waals surface area contributed by atoms with Gasteiger partial charge >= 0.3 is 0 Å². The normalized spacial score (nSPS) is 13.5. The van der Waals surface area contributed by atoms with Gasteiger partial charge in [-0.25, -0.2) is 0 Å². The van der Waals surface area contributed by atoms with Gasteiger partial charge in [-0.2, -0.15) is 0 Å². The molecule has 164 valence electrons. The summed E-state index contributed by atoms with van der Waals surface area (Å²) in [4.78, 5) is 28.5. The molecule has 1 aliphatic carbocycles. The standard InChI is InChI=1S/C29H24O2S2/c1-18-14-26(22-10-5-3-8-20(22)16-30)28(32-18)24-12-7-13-25(24)29-27(15-19(2)33-29)23-11-6-4-9-21(23)17-31/h3-6,8-11,14-17H,7,12-13H2,1-2H3. The minimum Gasteiger partial charge on any atom is -0.298 e. The minimum absolute atomic E-state index is 0.726. The van der Waals surface area contributed by atoms with Crippen molar-refractivity contribution in [1.29, 1.82) is 0 Å². The van der Waals surface area contributed by atoms with E-state index >= 15 is 0 Å². The average Bonchev–Trinajstić information content (AvgIpc) is 3.56. The van der Waals surface area contributed by atoms with Gasteiger partial charge in [0, 0.05) is 41.8 Å². The summed E-state index contributed by atoms with van der Waals surface area (Å²) >= 11 is 3.63. The molecule has 0 spiro atoms. The third-order valence-electron chi connectivity index (χ3n) is 6.23. The fraction of sp³-hybridized carbons (Fsp3) is 0.172. The van der Waals surface area contributed by atoms with E-state index in [0.717, 1.165) is 65.2 Å². The summed E-state index contributed by atoms with van der Waals surface area (Å²) < 4.78 is 0. The Morgan fingerprint density at radius 1 is 0.636 bits per heavy atom. The summed E-state index contributed by atoms with van der Waals surface area (Å²) in [5.41, 5.74) is 8.52. The highest BCUT2D eigenvalue weighted by molar-refractivity contribution is 7.14. The Hall–Kier alpha value is -3.08. The highest BCUT2D eigenvalue weighted by Crippen LogP contribution is 2.50. The lowest BCUT2D eigenvalue weighted by Crippen LogP contribution is -1.91. The number of hydrogen-bond acceptors (Lipinski definition) is 4. The van der Waals surface area contributed by atoms with Crippen molar-refractivity contribution in [2.45, 2.75) is 33.1 Å². The van der Waals surface area contributed by atoms with Crippen molar-refractivity contribution in [3.63, 3.8) is 0 Å². The van der Waals surface area contributed by atoms with Crippen LogP contribution in [0.25, 0.3) is 33.4 Å². The summed E-state index contributed by atoms with van der Waals surface area (Å²) in [6, 6.07) is 20.1. The fourth-order valence-corrected chi connectivity index (χ4v) is 7.06. The molecule has 2 aromatic carbocycles. The number of thiophene rings is 2. The van der Waals surface area contributed by atoms with E-state index in [1.54, 1.807) is 0 Å². The zero-order valence-electron chi connectivity index (χ0n) is 18.7. The van der Waals surface area contributed by atoms with E-state index in [1.807, 2.05) is 71.2 Å². The zero-order valence-corrected chi connectivity index (χ0v) is 20.3. The number of rotatable bonds is 6. The molecule has 2 heterocycles. The first-order valence-electron chi connectivity index (χ1n) is 11.1. The quantitative estimate of drug-likeness (QED) is 0.266. The van der Waals surface area contributed by atoms with Gasteiger partial charge in [-0.3, -0.25) is 9.59 Å². The molecule has 4 heteroatoms. The van der Waals surface area contributed by atoms with Crippen molar-refractivity contribution in [3.05, 3.63) is 91.3 Å². The number of aryl methyl sites for hydroxylation is 2. The van der Waals surface area contributed by atoms with E-state index in [-0.39, 0.29) is 0 Å². The molecule has 0 amide bonds. The van der Waals surface area contributed by atoms with Crippen LogP contribution in [-0.4, -0.2) is 12.6 Å². The Bertz CT molecular complexity index is 1300. The molecule has 0 unspecified atom stereocenters. The van der Waals surface area contributed by atoms with Gasteiger partial charge in [0.15, 0.2) is 12.6 Å². The predicted molar refractivity (Wildman–Crippen MR) is 140 cm³/mol. The lowest BCUT2D eigenvalue weighted by molar-refractivity contribution is 0.111. The first-order valence-corrected chi connectivity index (χ1v) is 12.8. The predicted octanol–water partition coefficient (Wildman–Crippen LogP) is 8.48. The third-order valence-corrected chi connectivity index (χ3v) is 8.45. The minimum atomic E-state index is 0.726. The molecule has 0 bridgehead atoms. The van der Waals surface area contributed by atoms with Gasteiger partial charge in [-0.15, -0.1) is 22.7 Å². The van der Waals surface area contributed by atoms with E-state index in [0.29, 0.717) is 0 Å². The van der Waals surface area contributed by atoms with Crippen LogP contribution in [0.4, 0.5) is 0 Å². The van der Waals surface area contributed by atoms with Crippen LogP contribution in [0.3, 0.4) is 0 Å². The molecule has 33 heavy (non-hydrogen) atoms. The van der Waals surface area contributed by atoms with Crippen LogP contribution in [0.15, 0.2) is 60.7 Å². The van der Waals surface area contributed by atoms with Crippen molar-refractivity contribution in [1.82, 2.24) is 0 Å². The Morgan fingerprint density at radius 3 is 1.48 bits per heavy atom. The van der Waals surface area contributed by atoms with Gasteiger partial charge < -0.3 is 0 Å². The molecule has 2 aromatic heterocycles. The molecule has 2 nitrogen and oxygen atoms in total. The van der Waals surface area contributed by atoms with Crippen LogP contribution >= 0.6 is 22.7 Å². The van der Waals surface area contributed by atoms with Crippen LogP contribution in [0.1, 0.15) is 59.5 Å². The third kappa shape index (κ3) is 3.94. The molecule has 1 aliphatic rings. The van der Waals surface area contributed by atoms with Crippen LogP contribution in [0.2, 0.25) is 0 Å². The first kappa shape index (κ1) is 21.7. The maximum atomic E-state index is 11.8. The van der Waals surface area contributed by atoms with Gasteiger partial charge in [-0.05, 0) is 67.5 Å². The Kier molecular flexibility index (Phi) is 5.96. The van der Waals surface area contributed by atoms with Gasteiger partial charge in [0.1, 0.15) is 0 Å². The molecule has 0 radical (unpaired) electrons. The summed E-state index contributed by atoms with van der Waals surface area (Å²) in [5, 5.41) is 0. The Labute approximate surface area is 202 Å². The number of carbonyl (C=O) groups is 2. The number of carbonyl (C=O) groups excluding carboxylic acids is 2. The Morgan fingerprint density at radius 2 is 1.06 bits per heavy atom. The molecule has 0 saturated heterocycles. The van der Waals surface area contributed by atoms with Crippen LogP contribution in [0, 0.1) is 13.8 Å². The average molecular weight is 469 g/mol. The molecule has 0 atom stereocenters. The second-order valence-electron chi connectivity index (χ2n) is 8.42. The van der Waals surface area contributed by atoms with E-state index in [2.05, 4.69) is 26.0 Å². The van der Waals surface area contributed by atoms with Crippen LogP contribution in [0.5, 0.6) is 0 Å². The van der Waals surface area contributed by atoms with Crippen molar-refractivity contribution >= 4 is 46.4 Å². The highest BCUT2D eigenvalue weighted by Gasteiger charge is 2.26. The molecule has 0 N–H and O–H groups in total. The van der Waals surface area contributed by atoms with Crippen LogP contribution < -0.4 is 0 Å². The van der Waals surface area contributed by atoms with Gasteiger partial charge in [0.25, 0.3) is 0 Å². The topological polar surface area (TPSA) is 34.1 Å². The Balaban J connectivity index is 1.72. The summed E-state index contributed by atoms with van der Waals surface area (Å²) in [6.45, 7) is 4.27. The van der Waals surface area contributed by atoms with Crippen molar-refractivity contribution in [2.24, 2.45) is 0 Å². The molecule has 0 fully saturated rings. The van der Waals surface area contributed by atoms with Gasteiger partial charge in [0.05, 0.1) is 0 Å². The smallest absolute Gasteiger partial charge is 0.150 e. The van der Waals surface area contributed by atoms with Crippen molar-refractivity contribution in [2.75, 3.05) is 0 Å². The fourth-order valence-electron chi connectivity index (χ4n) is 4.81. The van der Waals surface area contributed by atoms with Crippen LogP contribution in [-0.2, 0) is 0 Å². The lowest BCUT2D eigenvalue weighted by atomic mass is 9.94. The molecular weight excluding hydrogens is 444 g/mol. The lowest BCUT2D eigenvalue weighted by Gasteiger charge is -2.12. The number of hydrogen-bond donors (Lipinski definition) is 0. The van der Waals surface area contributed by atoms with E-state index in [4.69, 9.17) is 0 Å². The molecule has 0 saturated carbocycles. The number of allylic oxidation sites excluding steroid dienone is 2. The number of benzene rings is 2. The molecule has 0 aliphatic heterocycles. The SMILES string of the molecule is Cc1cc(-c2ccccc2C=O)c(C2=C(c3sc(C)cc3-c3ccccc3C=O)CCC2)s1. The maximum absolute atomic E-state index is 11.8. The zero-order chi connectivity index (χ0) is 22.9. The van der Waals surface area contributed by atoms with E-state index < -0.39 is 0 Å². The molecule has 4 aromatic rings. The second-order valence-corrected chi connectivity index (χ2v) is 10.9. The first-order chi connectivity index (χ1) is 16.1. The summed E-state index contributed by atoms with van der Waals surface area (Å²) in [5.74, 6) is 0. The summed E-state index contributed by atoms with van der Waals surface area (Å²) in [7, 11) is 0. The largest absolute Gasteiger partial charge is 0.298 e.